The van der Waals surface area contributed by atoms with Crippen LogP contribution in [0.15, 0.2) is 30.9 Å². The Morgan fingerprint density at radius 3 is 2.87 bits per heavy atom. The first-order valence-electron chi connectivity index (χ1n) is 9.41. The van der Waals surface area contributed by atoms with Gasteiger partial charge in [0.2, 0.25) is 0 Å². The molecule has 1 aromatic carbocycles. The largest absolute Gasteiger partial charge is 0.389 e. The molecule has 124 valence electrons. The van der Waals surface area contributed by atoms with Crippen LogP contribution in [0.3, 0.4) is 0 Å². The second-order valence-electron chi connectivity index (χ2n) is 8.64. The summed E-state index contributed by atoms with van der Waals surface area (Å²) in [7, 11) is 0. The van der Waals surface area contributed by atoms with E-state index < -0.39 is 5.60 Å². The molecular weight excluding hydrogens is 280 g/mol. The lowest BCUT2D eigenvalue weighted by molar-refractivity contribution is -0.100. The summed E-state index contributed by atoms with van der Waals surface area (Å²) in [5.41, 5.74) is 4.18. The first-order chi connectivity index (χ1) is 11.0. The van der Waals surface area contributed by atoms with E-state index in [1.54, 1.807) is 11.1 Å². The quantitative estimate of drug-likeness (QED) is 0.748. The Labute approximate surface area is 140 Å². The minimum Gasteiger partial charge on any atom is -0.389 e. The van der Waals surface area contributed by atoms with Gasteiger partial charge in [0.05, 0.1) is 5.60 Å². The summed E-state index contributed by atoms with van der Waals surface area (Å²) in [5.74, 6) is 2.17. The number of hydrogen-bond acceptors (Lipinski definition) is 1. The van der Waals surface area contributed by atoms with Crippen molar-refractivity contribution in [1.82, 2.24) is 0 Å². The molecule has 1 N–H and O–H groups in total. The van der Waals surface area contributed by atoms with Crippen molar-refractivity contribution in [3.05, 3.63) is 47.5 Å². The molecule has 0 saturated heterocycles. The number of rotatable bonds is 2. The highest BCUT2D eigenvalue weighted by Gasteiger charge is 2.60. The molecule has 0 aromatic heterocycles. The molecule has 0 aliphatic heterocycles. The van der Waals surface area contributed by atoms with Gasteiger partial charge < -0.3 is 5.11 Å². The van der Waals surface area contributed by atoms with Crippen molar-refractivity contribution in [3.63, 3.8) is 0 Å². The summed E-state index contributed by atoms with van der Waals surface area (Å²) in [5, 5.41) is 11.3. The Bertz CT molecular complexity index is 633. The lowest BCUT2D eigenvalue weighted by Gasteiger charge is -2.53. The van der Waals surface area contributed by atoms with Crippen molar-refractivity contribution < 1.29 is 5.11 Å². The van der Waals surface area contributed by atoms with Crippen LogP contribution in [0.5, 0.6) is 0 Å². The highest BCUT2D eigenvalue weighted by Crippen LogP contribution is 2.65. The fraction of sp³-hybridized carbons (Fsp3) is 0.636. The van der Waals surface area contributed by atoms with Crippen LogP contribution >= 0.6 is 0 Å². The molecule has 0 radical (unpaired) electrons. The molecule has 3 aliphatic carbocycles. The Kier molecular flexibility index (Phi) is 3.50. The molecule has 0 bridgehead atoms. The van der Waals surface area contributed by atoms with E-state index in [1.165, 1.54) is 31.2 Å². The lowest BCUT2D eigenvalue weighted by atomic mass is 9.53. The number of aryl methyl sites for hydroxylation is 2. The van der Waals surface area contributed by atoms with Gasteiger partial charge in [0, 0.05) is 0 Å². The maximum atomic E-state index is 11.3. The van der Waals surface area contributed by atoms with Crippen molar-refractivity contribution in [2.75, 3.05) is 0 Å². The van der Waals surface area contributed by atoms with Gasteiger partial charge >= 0.3 is 0 Å². The second-order valence-corrected chi connectivity index (χ2v) is 8.64. The van der Waals surface area contributed by atoms with Gasteiger partial charge in [-0.1, -0.05) is 36.8 Å². The SMILES string of the molecule is C=CC[C@]1(O)CCC2C3CCc4cc(C)ccc4C3CC[C@@]21C. The molecule has 5 atom stereocenters. The molecule has 3 unspecified atom stereocenters. The maximum absolute atomic E-state index is 11.3. The molecule has 1 heteroatoms. The van der Waals surface area contributed by atoms with Crippen molar-refractivity contribution >= 4 is 0 Å². The van der Waals surface area contributed by atoms with Gasteiger partial charge in [0.1, 0.15) is 0 Å². The average molecular weight is 310 g/mol. The van der Waals surface area contributed by atoms with Crippen LogP contribution in [0.25, 0.3) is 0 Å². The van der Waals surface area contributed by atoms with E-state index in [0.29, 0.717) is 5.92 Å². The van der Waals surface area contributed by atoms with Crippen molar-refractivity contribution in [3.8, 4) is 0 Å². The summed E-state index contributed by atoms with van der Waals surface area (Å²) in [6, 6.07) is 7.09. The maximum Gasteiger partial charge on any atom is 0.0738 e. The van der Waals surface area contributed by atoms with Gasteiger partial charge in [0.25, 0.3) is 0 Å². The van der Waals surface area contributed by atoms with Gasteiger partial charge in [-0.2, -0.15) is 0 Å². The summed E-state index contributed by atoms with van der Waals surface area (Å²) >= 11 is 0. The predicted molar refractivity (Wildman–Crippen MR) is 95.6 cm³/mol. The Hall–Kier alpha value is -1.08. The minimum absolute atomic E-state index is 0.0879. The number of benzene rings is 1. The van der Waals surface area contributed by atoms with Gasteiger partial charge in [-0.25, -0.2) is 0 Å². The van der Waals surface area contributed by atoms with E-state index in [2.05, 4.69) is 38.6 Å². The molecule has 0 heterocycles. The summed E-state index contributed by atoms with van der Waals surface area (Å²) in [4.78, 5) is 0. The second kappa shape index (κ2) is 5.21. The third-order valence-electron chi connectivity index (χ3n) is 7.69. The molecule has 2 saturated carbocycles. The zero-order valence-electron chi connectivity index (χ0n) is 14.6. The van der Waals surface area contributed by atoms with E-state index in [4.69, 9.17) is 0 Å². The molecule has 23 heavy (non-hydrogen) atoms. The molecule has 4 rings (SSSR count). The van der Waals surface area contributed by atoms with Crippen LogP contribution in [0.4, 0.5) is 0 Å². The number of hydrogen-bond donors (Lipinski definition) is 1. The minimum atomic E-state index is -0.516. The van der Waals surface area contributed by atoms with E-state index in [0.717, 1.165) is 31.1 Å². The number of fused-ring (bicyclic) bond motifs is 5. The van der Waals surface area contributed by atoms with Crippen LogP contribution in [0, 0.1) is 24.2 Å². The van der Waals surface area contributed by atoms with Crippen LogP contribution in [0.1, 0.15) is 68.1 Å². The van der Waals surface area contributed by atoms with Crippen LogP contribution in [-0.4, -0.2) is 10.7 Å². The third-order valence-corrected chi connectivity index (χ3v) is 7.69. The zero-order valence-corrected chi connectivity index (χ0v) is 14.6. The van der Waals surface area contributed by atoms with Gasteiger partial charge in [-0.3, -0.25) is 0 Å². The van der Waals surface area contributed by atoms with Gasteiger partial charge in [0.15, 0.2) is 0 Å². The Morgan fingerprint density at radius 2 is 2.09 bits per heavy atom. The molecule has 0 amide bonds. The zero-order chi connectivity index (χ0) is 16.2. The highest BCUT2D eigenvalue weighted by molar-refractivity contribution is 5.38. The summed E-state index contributed by atoms with van der Waals surface area (Å²) in [6.45, 7) is 8.47. The molecule has 1 nitrogen and oxygen atoms in total. The first kappa shape index (κ1) is 15.4. The monoisotopic (exact) mass is 310 g/mol. The summed E-state index contributed by atoms with van der Waals surface area (Å²) < 4.78 is 0. The standard InChI is InChI=1S/C22H30O/c1-4-11-22(23)13-10-20-19-8-6-16-14-15(2)5-7-17(16)18(19)9-12-21(20,22)3/h4-5,7,14,18-20,23H,1,6,8-13H2,2-3H3/t18?,19?,20?,21-,22-/m0/s1. The smallest absolute Gasteiger partial charge is 0.0738 e. The predicted octanol–water partition coefficient (Wildman–Crippen LogP) is 5.16. The molecule has 0 spiro atoms. The van der Waals surface area contributed by atoms with Crippen molar-refractivity contribution in [2.45, 2.75) is 70.3 Å². The van der Waals surface area contributed by atoms with Crippen molar-refractivity contribution in [1.29, 1.82) is 0 Å². The first-order valence-corrected chi connectivity index (χ1v) is 9.41. The van der Waals surface area contributed by atoms with E-state index in [-0.39, 0.29) is 5.41 Å². The molecular formula is C22H30O. The van der Waals surface area contributed by atoms with E-state index in [9.17, 15) is 5.11 Å². The molecule has 3 aliphatic rings. The third kappa shape index (κ3) is 2.09. The molecule has 1 aromatic rings. The Balaban J connectivity index is 1.68. The Morgan fingerprint density at radius 1 is 1.26 bits per heavy atom. The fourth-order valence-electron chi connectivity index (χ4n) is 6.40. The number of aliphatic hydroxyl groups is 1. The average Bonchev–Trinajstić information content (AvgIpc) is 2.79. The van der Waals surface area contributed by atoms with E-state index >= 15 is 0 Å². The van der Waals surface area contributed by atoms with Gasteiger partial charge in [-0.05, 0) is 86.2 Å². The van der Waals surface area contributed by atoms with Crippen LogP contribution in [0.2, 0.25) is 0 Å². The lowest BCUT2D eigenvalue weighted by Crippen LogP contribution is -2.50. The van der Waals surface area contributed by atoms with E-state index in [1.807, 2.05) is 6.08 Å². The van der Waals surface area contributed by atoms with Crippen LogP contribution in [-0.2, 0) is 6.42 Å². The summed E-state index contributed by atoms with van der Waals surface area (Å²) in [6.07, 6.45) is 9.79. The van der Waals surface area contributed by atoms with Crippen molar-refractivity contribution in [2.24, 2.45) is 17.3 Å². The van der Waals surface area contributed by atoms with Crippen LogP contribution < -0.4 is 0 Å². The topological polar surface area (TPSA) is 20.2 Å². The van der Waals surface area contributed by atoms with Gasteiger partial charge in [-0.15, -0.1) is 6.58 Å². The normalized spacial score (nSPS) is 41.8. The fourth-order valence-corrected chi connectivity index (χ4v) is 6.40. The highest BCUT2D eigenvalue weighted by atomic mass is 16.3. The molecule has 2 fully saturated rings.